The maximum atomic E-state index is 12.9. The highest BCUT2D eigenvalue weighted by Crippen LogP contribution is 2.18. The Bertz CT molecular complexity index is 1360. The number of hydrogen-bond acceptors (Lipinski definition) is 6. The van der Waals surface area contributed by atoms with E-state index in [1.165, 1.54) is 257 Å². The average Bonchev–Trinajstić information content (AvgIpc) is 3.45. The van der Waals surface area contributed by atoms with Gasteiger partial charge in [0.2, 0.25) is 0 Å². The van der Waals surface area contributed by atoms with Gasteiger partial charge in [0.05, 0.1) is 0 Å². The van der Waals surface area contributed by atoms with Crippen LogP contribution in [0.4, 0.5) is 0 Å². The van der Waals surface area contributed by atoms with Gasteiger partial charge in [0, 0.05) is 19.3 Å². The molecule has 462 valence electrons. The first-order chi connectivity index (χ1) is 39.0. The Hall–Kier alpha value is -2.63. The summed E-state index contributed by atoms with van der Waals surface area (Å²) in [6, 6.07) is 0. The molecule has 0 rings (SSSR count). The van der Waals surface area contributed by atoms with Gasteiger partial charge in [-0.1, -0.05) is 333 Å². The van der Waals surface area contributed by atoms with Crippen LogP contribution in [-0.2, 0) is 28.6 Å². The van der Waals surface area contributed by atoms with Crippen LogP contribution in [0.1, 0.15) is 380 Å². The predicted molar refractivity (Wildman–Crippen MR) is 344 cm³/mol. The first-order valence-electron chi connectivity index (χ1n) is 35.1. The van der Waals surface area contributed by atoms with E-state index in [0.29, 0.717) is 19.3 Å². The molecule has 0 saturated carbocycles. The maximum absolute atomic E-state index is 12.9. The molecule has 1 unspecified atom stereocenters. The zero-order valence-electron chi connectivity index (χ0n) is 53.2. The number of carbonyl (C=O) groups excluding carboxylic acids is 3. The zero-order chi connectivity index (χ0) is 57.1. The molecule has 0 N–H and O–H groups in total. The molecular formula is C73H134O6. The van der Waals surface area contributed by atoms with Crippen LogP contribution >= 0.6 is 0 Å². The van der Waals surface area contributed by atoms with E-state index in [4.69, 9.17) is 14.2 Å². The van der Waals surface area contributed by atoms with Crippen LogP contribution in [0, 0.1) is 0 Å². The predicted octanol–water partition coefficient (Wildman–Crippen LogP) is 24.1. The van der Waals surface area contributed by atoms with Crippen molar-refractivity contribution in [3.63, 3.8) is 0 Å². The van der Waals surface area contributed by atoms with Gasteiger partial charge in [-0.15, -0.1) is 0 Å². The number of esters is 3. The second-order valence-corrected chi connectivity index (χ2v) is 23.8. The van der Waals surface area contributed by atoms with Crippen molar-refractivity contribution < 1.29 is 28.6 Å². The van der Waals surface area contributed by atoms with Gasteiger partial charge in [0.15, 0.2) is 6.10 Å². The van der Waals surface area contributed by atoms with Crippen molar-refractivity contribution in [1.29, 1.82) is 0 Å². The molecule has 79 heavy (non-hydrogen) atoms. The lowest BCUT2D eigenvalue weighted by atomic mass is 10.0. The summed E-state index contributed by atoms with van der Waals surface area (Å²) < 4.78 is 17.0. The van der Waals surface area contributed by atoms with E-state index in [1.54, 1.807) is 0 Å². The lowest BCUT2D eigenvalue weighted by molar-refractivity contribution is -0.167. The topological polar surface area (TPSA) is 78.9 Å². The van der Waals surface area contributed by atoms with Crippen molar-refractivity contribution in [2.24, 2.45) is 0 Å². The molecule has 0 radical (unpaired) electrons. The monoisotopic (exact) mass is 1110 g/mol. The average molecular weight is 1110 g/mol. The number of ether oxygens (including phenoxy) is 3. The molecule has 0 aliphatic heterocycles. The minimum Gasteiger partial charge on any atom is -0.462 e. The zero-order valence-corrected chi connectivity index (χ0v) is 53.2. The smallest absolute Gasteiger partial charge is 0.306 e. The van der Waals surface area contributed by atoms with E-state index in [1.807, 2.05) is 0 Å². The fraction of sp³-hybridized carbons (Fsp3) is 0.849. The van der Waals surface area contributed by atoms with E-state index in [9.17, 15) is 14.4 Å². The quantitative estimate of drug-likeness (QED) is 0.0261. The highest BCUT2D eigenvalue weighted by molar-refractivity contribution is 5.71. The largest absolute Gasteiger partial charge is 0.462 e. The second kappa shape index (κ2) is 67.9. The minimum atomic E-state index is -0.780. The number of unbranched alkanes of at least 4 members (excludes halogenated alkanes) is 46. The molecule has 1 atom stereocenters. The van der Waals surface area contributed by atoms with Crippen LogP contribution in [0.5, 0.6) is 0 Å². The first-order valence-corrected chi connectivity index (χ1v) is 35.1. The lowest BCUT2D eigenvalue weighted by Gasteiger charge is -2.18. The number of hydrogen-bond donors (Lipinski definition) is 0. The highest BCUT2D eigenvalue weighted by atomic mass is 16.6. The van der Waals surface area contributed by atoms with Crippen LogP contribution < -0.4 is 0 Å². The Kier molecular flexibility index (Phi) is 65.6. The second-order valence-electron chi connectivity index (χ2n) is 23.8. The standard InChI is InChI=1S/C73H134O6/c1-4-7-10-13-16-19-22-25-28-31-32-33-34-35-36-37-38-39-40-43-45-48-51-54-57-60-63-66-72(75)78-69-70(79-73(76)67-64-61-58-55-52-49-46-42-30-27-24-21-18-15-12-9-6-3)68-77-71(74)65-62-59-56-53-50-47-44-41-29-26-23-20-17-14-11-8-5-2/h9,12,18,21,26-27,29-30,70H,4-8,10-11,13-17,19-20,22-25,28,31-69H2,1-3H3/b12-9-,21-18-,29-26-,30-27-. The summed E-state index contributed by atoms with van der Waals surface area (Å²) in [7, 11) is 0. The minimum absolute atomic E-state index is 0.0746. The Morgan fingerprint density at radius 1 is 0.266 bits per heavy atom. The molecule has 0 bridgehead atoms. The van der Waals surface area contributed by atoms with Gasteiger partial charge in [-0.3, -0.25) is 14.4 Å². The molecule has 0 aromatic rings. The van der Waals surface area contributed by atoms with Gasteiger partial charge in [0.1, 0.15) is 13.2 Å². The summed E-state index contributed by atoms with van der Waals surface area (Å²) in [5.74, 6) is -0.864. The normalized spacial score (nSPS) is 12.3. The Morgan fingerprint density at radius 2 is 0.494 bits per heavy atom. The van der Waals surface area contributed by atoms with Gasteiger partial charge in [-0.05, 0) is 77.0 Å². The van der Waals surface area contributed by atoms with Crippen molar-refractivity contribution >= 4 is 17.9 Å². The molecule has 0 fully saturated rings. The lowest BCUT2D eigenvalue weighted by Crippen LogP contribution is -2.30. The molecule has 0 aromatic carbocycles. The van der Waals surface area contributed by atoms with Crippen molar-refractivity contribution in [3.05, 3.63) is 48.6 Å². The molecule has 0 spiro atoms. The summed E-state index contributed by atoms with van der Waals surface area (Å²) in [4.78, 5) is 38.4. The summed E-state index contributed by atoms with van der Waals surface area (Å²) in [5.41, 5.74) is 0. The Morgan fingerprint density at radius 3 is 0.785 bits per heavy atom. The molecule has 0 saturated heterocycles. The molecule has 0 aliphatic carbocycles. The highest BCUT2D eigenvalue weighted by Gasteiger charge is 2.19. The number of carbonyl (C=O) groups is 3. The van der Waals surface area contributed by atoms with Crippen LogP contribution in [0.2, 0.25) is 0 Å². The molecular weight excluding hydrogens is 973 g/mol. The van der Waals surface area contributed by atoms with Crippen LogP contribution in [-0.4, -0.2) is 37.2 Å². The molecule has 0 heterocycles. The fourth-order valence-electron chi connectivity index (χ4n) is 10.6. The molecule has 0 aliphatic rings. The Balaban J connectivity index is 4.25. The summed E-state index contributed by atoms with van der Waals surface area (Å²) >= 11 is 0. The van der Waals surface area contributed by atoms with Gasteiger partial charge in [-0.2, -0.15) is 0 Å². The van der Waals surface area contributed by atoms with Crippen molar-refractivity contribution in [2.45, 2.75) is 386 Å². The van der Waals surface area contributed by atoms with Crippen molar-refractivity contribution in [2.75, 3.05) is 13.2 Å². The fourth-order valence-corrected chi connectivity index (χ4v) is 10.6. The third-order valence-corrected chi connectivity index (χ3v) is 15.8. The summed E-state index contributed by atoms with van der Waals surface area (Å²) in [5, 5.41) is 0. The Labute approximate surface area is 492 Å². The molecule has 0 amide bonds. The van der Waals surface area contributed by atoms with Crippen LogP contribution in [0.25, 0.3) is 0 Å². The van der Waals surface area contributed by atoms with Crippen molar-refractivity contribution in [3.8, 4) is 0 Å². The molecule has 6 heteroatoms. The van der Waals surface area contributed by atoms with E-state index in [-0.39, 0.29) is 31.1 Å². The molecule has 0 aromatic heterocycles. The third-order valence-electron chi connectivity index (χ3n) is 15.8. The first kappa shape index (κ1) is 76.4. The number of allylic oxidation sites excluding steroid dienone is 8. The van der Waals surface area contributed by atoms with E-state index in [2.05, 4.69) is 69.4 Å². The van der Waals surface area contributed by atoms with Crippen LogP contribution in [0.3, 0.4) is 0 Å². The van der Waals surface area contributed by atoms with Gasteiger partial charge in [0.25, 0.3) is 0 Å². The number of rotatable bonds is 65. The summed E-state index contributed by atoms with van der Waals surface area (Å²) in [6.45, 7) is 6.58. The van der Waals surface area contributed by atoms with E-state index in [0.717, 1.165) is 83.5 Å². The van der Waals surface area contributed by atoms with Crippen molar-refractivity contribution in [1.82, 2.24) is 0 Å². The van der Waals surface area contributed by atoms with E-state index < -0.39 is 6.10 Å². The van der Waals surface area contributed by atoms with Gasteiger partial charge in [-0.25, -0.2) is 0 Å². The van der Waals surface area contributed by atoms with Gasteiger partial charge < -0.3 is 14.2 Å². The third kappa shape index (κ3) is 66.1. The van der Waals surface area contributed by atoms with E-state index >= 15 is 0 Å². The SMILES string of the molecule is CC/C=C\C/C=C\C/C=C\CCCCCCCCCC(=O)OC(COC(=O)CCCCCCCCC/C=C\CCCCCCCC)COC(=O)CCCCCCCCCCCCCCCCCCCCCCCCCCCCC. The molecule has 6 nitrogen and oxygen atoms in total. The van der Waals surface area contributed by atoms with Gasteiger partial charge >= 0.3 is 17.9 Å². The summed E-state index contributed by atoms with van der Waals surface area (Å²) in [6.07, 6.45) is 85.7. The maximum Gasteiger partial charge on any atom is 0.306 e. The van der Waals surface area contributed by atoms with Crippen LogP contribution in [0.15, 0.2) is 48.6 Å².